The maximum absolute atomic E-state index is 14.3. The minimum atomic E-state index is -6.01. The molecule has 0 aliphatic carbocycles. The molecular formula is C34H46F8O5P+. The van der Waals surface area contributed by atoms with Gasteiger partial charge in [0.25, 0.3) is 0 Å². The first-order valence-corrected chi connectivity index (χ1v) is 16.3. The zero-order valence-electron chi connectivity index (χ0n) is 28.6. The first-order chi connectivity index (χ1) is 21.9. The highest BCUT2D eigenvalue weighted by Crippen LogP contribution is 2.49. The third-order valence-electron chi connectivity index (χ3n) is 6.73. The van der Waals surface area contributed by atoms with E-state index in [4.69, 9.17) is 0 Å². The van der Waals surface area contributed by atoms with Crippen molar-refractivity contribution in [2.24, 2.45) is 0 Å². The van der Waals surface area contributed by atoms with Crippen LogP contribution in [0, 0.1) is 0 Å². The number of allylic oxidation sites excluding steroid dienone is 12. The molecule has 0 aromatic heterocycles. The lowest BCUT2D eigenvalue weighted by atomic mass is 10.0. The molecule has 0 bridgehead atoms. The highest BCUT2D eigenvalue weighted by molar-refractivity contribution is 7.33. The number of rotatable bonds is 22. The van der Waals surface area contributed by atoms with Crippen molar-refractivity contribution < 1.29 is 58.3 Å². The molecule has 0 N–H and O–H groups in total. The molecule has 48 heavy (non-hydrogen) atoms. The molecule has 0 atom stereocenters. The smallest absolute Gasteiger partial charge is 0.288 e. The minimum Gasteiger partial charge on any atom is -0.288 e. The van der Waals surface area contributed by atoms with Crippen LogP contribution in [0.25, 0.3) is 0 Å². The van der Waals surface area contributed by atoms with Crippen molar-refractivity contribution in [3.8, 4) is 0 Å². The van der Waals surface area contributed by atoms with Crippen LogP contribution in [0.1, 0.15) is 107 Å². The summed E-state index contributed by atoms with van der Waals surface area (Å²) >= 11 is 0. The van der Waals surface area contributed by atoms with E-state index in [2.05, 4.69) is 9.05 Å². The molecule has 0 aromatic rings. The molecular weight excluding hydrogens is 671 g/mol. The second kappa shape index (κ2) is 20.0. The molecule has 0 aliphatic rings. The molecule has 0 spiro atoms. The summed E-state index contributed by atoms with van der Waals surface area (Å²) in [5.41, 5.74) is 4.13. The number of alkyl halides is 8. The Labute approximate surface area is 278 Å². The van der Waals surface area contributed by atoms with Gasteiger partial charge < -0.3 is 0 Å². The fourth-order valence-corrected chi connectivity index (χ4v) is 4.50. The summed E-state index contributed by atoms with van der Waals surface area (Å²) in [6.07, 6.45) is -0.414. The highest BCUT2D eigenvalue weighted by atomic mass is 31.1. The third-order valence-corrected chi connectivity index (χ3v) is 7.49. The zero-order valence-corrected chi connectivity index (χ0v) is 29.5. The largest absolute Gasteiger partial charge is 0.710 e. The molecule has 0 amide bonds. The van der Waals surface area contributed by atoms with Crippen molar-refractivity contribution in [3.63, 3.8) is 0 Å². The maximum atomic E-state index is 14.3. The Hall–Kier alpha value is -2.76. The van der Waals surface area contributed by atoms with Gasteiger partial charge in [-0.1, -0.05) is 57.7 Å². The van der Waals surface area contributed by atoms with E-state index in [1.165, 1.54) is 13.8 Å². The molecule has 0 rings (SSSR count). The van der Waals surface area contributed by atoms with E-state index >= 15 is 0 Å². The lowest BCUT2D eigenvalue weighted by molar-refractivity contribution is -0.315. The Morgan fingerprint density at radius 1 is 0.500 bits per heavy atom. The van der Waals surface area contributed by atoms with Crippen molar-refractivity contribution in [3.05, 3.63) is 69.9 Å². The monoisotopic (exact) mass is 717 g/mol. The average molecular weight is 718 g/mol. The second-order valence-corrected chi connectivity index (χ2v) is 12.9. The van der Waals surface area contributed by atoms with E-state index in [0.29, 0.717) is 12.8 Å². The molecule has 0 aliphatic heterocycles. The van der Waals surface area contributed by atoms with Crippen LogP contribution in [0.4, 0.5) is 35.1 Å². The van der Waals surface area contributed by atoms with Crippen LogP contribution in [0.5, 0.6) is 0 Å². The van der Waals surface area contributed by atoms with Crippen molar-refractivity contribution in [1.82, 2.24) is 0 Å². The molecule has 272 valence electrons. The number of carbonyl (C=O) groups is 2. The number of halogens is 8. The van der Waals surface area contributed by atoms with Crippen molar-refractivity contribution >= 4 is 19.8 Å². The molecule has 0 fully saturated rings. The quantitative estimate of drug-likeness (QED) is 0.0483. The van der Waals surface area contributed by atoms with Crippen LogP contribution in [0.3, 0.4) is 0 Å². The lowest BCUT2D eigenvalue weighted by Crippen LogP contribution is -2.49. The summed E-state index contributed by atoms with van der Waals surface area (Å²) in [4.78, 5) is 23.9. The minimum absolute atomic E-state index is 0.0296. The maximum Gasteiger partial charge on any atom is 0.710 e. The predicted octanol–water partition coefficient (Wildman–Crippen LogP) is 12.1. The van der Waals surface area contributed by atoms with Gasteiger partial charge in [-0.2, -0.15) is 35.1 Å². The van der Waals surface area contributed by atoms with E-state index in [1.807, 2.05) is 53.7 Å². The molecule has 14 heteroatoms. The first kappa shape index (κ1) is 45.2. The number of carbonyl (C=O) groups excluding carboxylic acids is 2. The normalized spacial score (nSPS) is 14.5. The summed E-state index contributed by atoms with van der Waals surface area (Å²) in [5, 5.41) is 0. The summed E-state index contributed by atoms with van der Waals surface area (Å²) < 4.78 is 132. The van der Waals surface area contributed by atoms with Crippen LogP contribution in [0.15, 0.2) is 69.9 Å². The van der Waals surface area contributed by atoms with Gasteiger partial charge in [0.05, 0.1) is 0 Å². The molecule has 5 nitrogen and oxygen atoms in total. The van der Waals surface area contributed by atoms with E-state index in [-0.39, 0.29) is 36.1 Å². The Kier molecular flexibility index (Phi) is 18.9. The fraction of sp³-hybridized carbons (Fsp3) is 0.588. The zero-order chi connectivity index (χ0) is 37.5. The van der Waals surface area contributed by atoms with E-state index in [1.54, 1.807) is 12.2 Å². The van der Waals surface area contributed by atoms with Crippen LogP contribution in [0.2, 0.25) is 0 Å². The highest BCUT2D eigenvalue weighted by Gasteiger charge is 2.72. The molecule has 0 radical (unpaired) electrons. The number of ketones is 2. The molecule has 0 saturated carbocycles. The SMILES string of the molecule is CC(C)=CCCC(C)=CCCC(C)=CC(=O)C(F)(F)C(F)(F)O[P+](=O)OC(F)(F)C(F)(F)C(=O)C=C(C)CCC=C(C)CCC=C(C)C. The van der Waals surface area contributed by atoms with Crippen LogP contribution in [-0.2, 0) is 23.2 Å². The average Bonchev–Trinajstić information content (AvgIpc) is 2.91. The summed E-state index contributed by atoms with van der Waals surface area (Å²) in [7, 11) is -5.11. The van der Waals surface area contributed by atoms with Gasteiger partial charge in [-0.15, -0.1) is 0 Å². The van der Waals surface area contributed by atoms with Crippen LogP contribution in [-0.4, -0.2) is 35.6 Å². The molecule has 0 saturated heterocycles. The van der Waals surface area contributed by atoms with E-state index in [9.17, 15) is 49.3 Å². The Morgan fingerprint density at radius 3 is 1.06 bits per heavy atom. The lowest BCUT2D eigenvalue weighted by Gasteiger charge is -2.21. The fourth-order valence-electron chi connectivity index (χ4n) is 3.85. The van der Waals surface area contributed by atoms with Gasteiger partial charge in [0.1, 0.15) is 0 Å². The molecule has 0 aromatic carbocycles. The Bertz CT molecular complexity index is 1220. The van der Waals surface area contributed by atoms with Gasteiger partial charge in [0.2, 0.25) is 11.6 Å². The Balaban J connectivity index is 5.38. The van der Waals surface area contributed by atoms with E-state index < -0.39 is 43.9 Å². The summed E-state index contributed by atoms with van der Waals surface area (Å²) in [6.45, 7) is 13.8. The predicted molar refractivity (Wildman–Crippen MR) is 170 cm³/mol. The second-order valence-electron chi connectivity index (χ2n) is 12.1. The van der Waals surface area contributed by atoms with Gasteiger partial charge in [-0.3, -0.25) is 9.59 Å². The first-order valence-electron chi connectivity index (χ1n) is 15.2. The molecule has 0 unspecified atom stereocenters. The van der Waals surface area contributed by atoms with Gasteiger partial charge in [0, 0.05) is 4.57 Å². The third kappa shape index (κ3) is 16.1. The summed E-state index contributed by atoms with van der Waals surface area (Å²) in [6, 6.07) is 0. The van der Waals surface area contributed by atoms with Crippen LogP contribution >= 0.6 is 8.25 Å². The van der Waals surface area contributed by atoms with Gasteiger partial charge in [0.15, 0.2) is 0 Å². The topological polar surface area (TPSA) is 69.7 Å². The number of hydrogen-bond donors (Lipinski definition) is 0. The van der Waals surface area contributed by atoms with Gasteiger partial charge in [-0.25, -0.2) is 0 Å². The van der Waals surface area contributed by atoms with Crippen molar-refractivity contribution in [1.29, 1.82) is 0 Å². The Morgan fingerprint density at radius 2 is 0.771 bits per heavy atom. The number of hydrogen-bond acceptors (Lipinski definition) is 5. The van der Waals surface area contributed by atoms with Crippen molar-refractivity contribution in [2.45, 2.75) is 131 Å². The molecule has 0 heterocycles. The van der Waals surface area contributed by atoms with Crippen LogP contribution < -0.4 is 0 Å². The van der Waals surface area contributed by atoms with Crippen molar-refractivity contribution in [2.75, 3.05) is 0 Å². The van der Waals surface area contributed by atoms with E-state index in [0.717, 1.165) is 48.0 Å². The van der Waals surface area contributed by atoms with Gasteiger partial charge in [-0.05, 0) is 128 Å². The standard InChI is InChI=1S/C34H46F8O5P/c1-23(2)13-9-15-25(5)17-11-19-27(7)21-29(43)31(35,36)33(39,40)46-48(45)47-34(41,42)32(37,38)30(44)22-28(8)20-12-18-26(6)16-10-14-24(3)4/h13-14,17-18,21-22H,9-12,15-16,19-20H2,1-8H3/q+1. The van der Waals surface area contributed by atoms with Gasteiger partial charge >= 0.3 is 32.3 Å². The summed E-state index contributed by atoms with van der Waals surface area (Å²) in [5.74, 6) is -16.5.